The van der Waals surface area contributed by atoms with Crippen molar-refractivity contribution in [3.8, 4) is 5.88 Å². The number of ether oxygens (including phenoxy) is 1. The lowest BCUT2D eigenvalue weighted by Gasteiger charge is -2.07. The monoisotopic (exact) mass is 283 g/mol. The van der Waals surface area contributed by atoms with Crippen molar-refractivity contribution >= 4 is 5.91 Å². The minimum Gasteiger partial charge on any atom is -0.473 e. The Labute approximate surface area is 123 Å². The molecule has 3 rings (SSSR count). The van der Waals surface area contributed by atoms with Crippen molar-refractivity contribution in [2.24, 2.45) is 5.92 Å². The molecule has 2 aromatic rings. The summed E-state index contributed by atoms with van der Waals surface area (Å²) >= 11 is 0. The minimum absolute atomic E-state index is 0.0740. The lowest BCUT2D eigenvalue weighted by Crippen LogP contribution is -2.25. The number of amides is 1. The van der Waals surface area contributed by atoms with Crippen LogP contribution >= 0.6 is 0 Å². The van der Waals surface area contributed by atoms with Crippen LogP contribution in [-0.4, -0.2) is 22.4 Å². The van der Waals surface area contributed by atoms with E-state index in [0.29, 0.717) is 24.0 Å². The number of hydrogen-bond donors (Lipinski definition) is 1. The molecule has 1 amide bonds. The lowest BCUT2D eigenvalue weighted by molar-refractivity contribution is 0.0951. The molecule has 2 aromatic heterocycles. The fourth-order valence-electron chi connectivity index (χ4n) is 1.90. The zero-order valence-electron chi connectivity index (χ0n) is 11.7. The molecule has 1 aliphatic rings. The summed E-state index contributed by atoms with van der Waals surface area (Å²) in [5, 5.41) is 2.91. The van der Waals surface area contributed by atoms with E-state index in [0.717, 1.165) is 12.1 Å². The van der Waals surface area contributed by atoms with Gasteiger partial charge in [-0.25, -0.2) is 4.98 Å². The number of hydrogen-bond acceptors (Lipinski definition) is 4. The van der Waals surface area contributed by atoms with Crippen LogP contribution in [0.1, 0.15) is 28.8 Å². The smallest absolute Gasteiger partial charge is 0.252 e. The van der Waals surface area contributed by atoms with Crippen molar-refractivity contribution in [3.05, 3.63) is 54.0 Å². The predicted molar refractivity (Wildman–Crippen MR) is 77.9 cm³/mol. The average molecular weight is 283 g/mol. The summed E-state index contributed by atoms with van der Waals surface area (Å²) in [6.07, 6.45) is 7.43. The molecule has 0 unspecified atom stereocenters. The maximum absolute atomic E-state index is 11.9. The van der Waals surface area contributed by atoms with E-state index in [1.54, 1.807) is 30.7 Å². The fraction of sp³-hybridized carbons (Fsp3) is 0.312. The van der Waals surface area contributed by atoms with Crippen LogP contribution in [0.4, 0.5) is 0 Å². The molecule has 0 spiro atoms. The number of nitrogens with one attached hydrogen (secondary N) is 1. The largest absolute Gasteiger partial charge is 0.473 e. The predicted octanol–water partition coefficient (Wildman–Crippen LogP) is 2.20. The number of aromatic nitrogens is 2. The van der Waals surface area contributed by atoms with Gasteiger partial charge in [-0.3, -0.25) is 9.78 Å². The van der Waals surface area contributed by atoms with Crippen LogP contribution < -0.4 is 10.1 Å². The second kappa shape index (κ2) is 6.35. The fourth-order valence-corrected chi connectivity index (χ4v) is 1.90. The molecule has 1 N–H and O–H groups in total. The van der Waals surface area contributed by atoms with Crippen molar-refractivity contribution in [3.63, 3.8) is 0 Å². The van der Waals surface area contributed by atoms with Gasteiger partial charge in [-0.1, -0.05) is 0 Å². The van der Waals surface area contributed by atoms with E-state index in [9.17, 15) is 4.79 Å². The average Bonchev–Trinajstić information content (AvgIpc) is 3.36. The molecular weight excluding hydrogens is 266 g/mol. The first kappa shape index (κ1) is 13.5. The summed E-state index contributed by atoms with van der Waals surface area (Å²) in [6, 6.07) is 7.23. The third kappa shape index (κ3) is 4.02. The molecule has 0 aliphatic heterocycles. The topological polar surface area (TPSA) is 64.1 Å². The summed E-state index contributed by atoms with van der Waals surface area (Å²) < 4.78 is 5.56. The third-order valence-electron chi connectivity index (χ3n) is 3.38. The van der Waals surface area contributed by atoms with Gasteiger partial charge < -0.3 is 10.1 Å². The standard InChI is InChI=1S/C16H17N3O2/c20-16(19-9-12-1-2-12)14-3-4-15(18-10-14)21-11-13-5-7-17-8-6-13/h3-8,10,12H,1-2,9,11H2,(H,19,20). The Bertz CT molecular complexity index is 595. The van der Waals surface area contributed by atoms with Gasteiger partial charge in [-0.15, -0.1) is 0 Å². The Balaban J connectivity index is 1.52. The van der Waals surface area contributed by atoms with Crippen LogP contribution in [0.3, 0.4) is 0 Å². The first-order valence-electron chi connectivity index (χ1n) is 7.07. The Morgan fingerprint density at radius 3 is 2.71 bits per heavy atom. The van der Waals surface area contributed by atoms with Gasteiger partial charge in [0, 0.05) is 31.2 Å². The summed E-state index contributed by atoms with van der Waals surface area (Å²) in [6.45, 7) is 1.20. The molecule has 2 heterocycles. The van der Waals surface area contributed by atoms with Crippen LogP contribution in [0.25, 0.3) is 0 Å². The molecule has 0 aromatic carbocycles. The van der Waals surface area contributed by atoms with Crippen LogP contribution in [-0.2, 0) is 6.61 Å². The number of pyridine rings is 2. The quantitative estimate of drug-likeness (QED) is 0.882. The Hall–Kier alpha value is -2.43. The summed E-state index contributed by atoms with van der Waals surface area (Å²) in [5.41, 5.74) is 1.59. The molecule has 0 atom stereocenters. The van der Waals surface area contributed by atoms with Gasteiger partial charge in [0.25, 0.3) is 5.91 Å². The van der Waals surface area contributed by atoms with Gasteiger partial charge in [0.1, 0.15) is 6.61 Å². The first-order chi connectivity index (χ1) is 10.3. The van der Waals surface area contributed by atoms with Gasteiger partial charge >= 0.3 is 0 Å². The summed E-state index contributed by atoms with van der Waals surface area (Å²) in [7, 11) is 0. The van der Waals surface area contributed by atoms with E-state index in [2.05, 4.69) is 15.3 Å². The van der Waals surface area contributed by atoms with Gasteiger partial charge in [0.2, 0.25) is 5.88 Å². The molecule has 5 nitrogen and oxygen atoms in total. The minimum atomic E-state index is -0.0740. The molecule has 0 radical (unpaired) electrons. The molecule has 5 heteroatoms. The molecule has 21 heavy (non-hydrogen) atoms. The third-order valence-corrected chi connectivity index (χ3v) is 3.38. The number of nitrogens with zero attached hydrogens (tertiary/aromatic N) is 2. The Morgan fingerprint density at radius 2 is 2.05 bits per heavy atom. The maximum Gasteiger partial charge on any atom is 0.252 e. The normalized spacial score (nSPS) is 13.7. The number of carbonyl (C=O) groups excluding carboxylic acids is 1. The van der Waals surface area contributed by atoms with Crippen molar-refractivity contribution in [2.75, 3.05) is 6.54 Å². The Morgan fingerprint density at radius 1 is 1.24 bits per heavy atom. The second-order valence-electron chi connectivity index (χ2n) is 5.18. The molecule has 1 saturated carbocycles. The first-order valence-corrected chi connectivity index (χ1v) is 7.07. The molecular formula is C16H17N3O2. The summed E-state index contributed by atoms with van der Waals surface area (Å²) in [4.78, 5) is 20.0. The molecule has 108 valence electrons. The second-order valence-corrected chi connectivity index (χ2v) is 5.18. The van der Waals surface area contributed by atoms with Crippen LogP contribution in [0.15, 0.2) is 42.9 Å². The zero-order chi connectivity index (χ0) is 14.5. The number of carbonyl (C=O) groups is 1. The maximum atomic E-state index is 11.9. The highest BCUT2D eigenvalue weighted by molar-refractivity contribution is 5.93. The van der Waals surface area contributed by atoms with Crippen molar-refractivity contribution < 1.29 is 9.53 Å². The molecule has 1 fully saturated rings. The van der Waals surface area contributed by atoms with E-state index >= 15 is 0 Å². The summed E-state index contributed by atoms with van der Waals surface area (Å²) in [5.74, 6) is 1.10. The highest BCUT2D eigenvalue weighted by atomic mass is 16.5. The van der Waals surface area contributed by atoms with E-state index in [-0.39, 0.29) is 5.91 Å². The van der Waals surface area contributed by atoms with Crippen LogP contribution in [0, 0.1) is 5.92 Å². The van der Waals surface area contributed by atoms with E-state index in [1.807, 2.05) is 12.1 Å². The number of rotatable bonds is 6. The molecule has 1 aliphatic carbocycles. The van der Waals surface area contributed by atoms with Gasteiger partial charge in [0.05, 0.1) is 5.56 Å². The molecule has 0 saturated heterocycles. The van der Waals surface area contributed by atoms with E-state index in [4.69, 9.17) is 4.74 Å². The SMILES string of the molecule is O=C(NCC1CC1)c1ccc(OCc2ccncc2)nc1. The highest BCUT2D eigenvalue weighted by Gasteiger charge is 2.21. The highest BCUT2D eigenvalue weighted by Crippen LogP contribution is 2.27. The van der Waals surface area contributed by atoms with Crippen LogP contribution in [0.5, 0.6) is 5.88 Å². The van der Waals surface area contributed by atoms with Crippen LogP contribution in [0.2, 0.25) is 0 Å². The van der Waals surface area contributed by atoms with Gasteiger partial charge in [-0.05, 0) is 42.5 Å². The van der Waals surface area contributed by atoms with Crippen molar-refractivity contribution in [2.45, 2.75) is 19.4 Å². The Kier molecular flexibility index (Phi) is 4.09. The lowest BCUT2D eigenvalue weighted by atomic mass is 10.2. The van der Waals surface area contributed by atoms with Crippen molar-refractivity contribution in [1.29, 1.82) is 0 Å². The van der Waals surface area contributed by atoms with E-state index in [1.165, 1.54) is 12.8 Å². The van der Waals surface area contributed by atoms with Gasteiger partial charge in [0.15, 0.2) is 0 Å². The van der Waals surface area contributed by atoms with Crippen molar-refractivity contribution in [1.82, 2.24) is 15.3 Å². The zero-order valence-corrected chi connectivity index (χ0v) is 11.7. The van der Waals surface area contributed by atoms with Gasteiger partial charge in [-0.2, -0.15) is 0 Å². The van der Waals surface area contributed by atoms with E-state index < -0.39 is 0 Å². The molecule has 0 bridgehead atoms.